The van der Waals surface area contributed by atoms with Gasteiger partial charge in [-0.25, -0.2) is 4.98 Å². The quantitative estimate of drug-likeness (QED) is 0.285. The van der Waals surface area contributed by atoms with Crippen LogP contribution in [0.3, 0.4) is 0 Å². The SMILES string of the molecule is C=C(/C=C\C(Br)=C/CC)c1nc(C2=C(OC(=O)C(C)(C)C)C(C)(C)OC(C)(C)C2=O)c(C)s1. The highest BCUT2D eigenvalue weighted by Crippen LogP contribution is 2.44. The number of Topliss-reactive ketones (excluding diaryl/α,β-unsaturated/α-hetero) is 1. The van der Waals surface area contributed by atoms with Crippen molar-refractivity contribution in [2.24, 2.45) is 5.41 Å². The Balaban J connectivity index is 2.65. The second-order valence-corrected chi connectivity index (χ2v) is 12.2. The molecule has 1 aliphatic rings. The molecule has 2 rings (SSSR count). The molecule has 0 bridgehead atoms. The predicted octanol–water partition coefficient (Wildman–Crippen LogP) is 7.17. The fraction of sp³-hybridized carbons (Fsp3) is 0.500. The zero-order valence-corrected chi connectivity index (χ0v) is 23.4. The standard InChI is InChI=1S/C26H34BrNO4S/c1-11-12-17(27)14-13-15(2)22-28-19(16(3)33-22)18-20(29)25(7,8)32-26(9,10)21(18)31-23(30)24(4,5)6/h12-14H,2,11H2,1,3-10H3/b14-13-,17-12+. The number of ether oxygens (including phenoxy) is 2. The molecule has 0 fully saturated rings. The largest absolute Gasteiger partial charge is 0.427 e. The summed E-state index contributed by atoms with van der Waals surface area (Å²) in [5.74, 6) is -0.512. The van der Waals surface area contributed by atoms with Gasteiger partial charge in [0.15, 0.2) is 11.5 Å². The molecule has 0 amide bonds. The van der Waals surface area contributed by atoms with Crippen molar-refractivity contribution in [3.63, 3.8) is 0 Å². The van der Waals surface area contributed by atoms with Gasteiger partial charge in [-0.1, -0.05) is 41.6 Å². The smallest absolute Gasteiger partial charge is 0.316 e. The lowest BCUT2D eigenvalue weighted by Crippen LogP contribution is -2.50. The van der Waals surface area contributed by atoms with Gasteiger partial charge in [0, 0.05) is 14.9 Å². The van der Waals surface area contributed by atoms with Gasteiger partial charge in [0.25, 0.3) is 0 Å². The van der Waals surface area contributed by atoms with Crippen LogP contribution in [0.15, 0.2) is 35.0 Å². The summed E-state index contributed by atoms with van der Waals surface area (Å²) in [6.45, 7) is 20.5. The molecular weight excluding hydrogens is 502 g/mol. The Morgan fingerprint density at radius 2 is 1.82 bits per heavy atom. The molecule has 1 aromatic heterocycles. The number of aromatic nitrogens is 1. The molecule has 0 atom stereocenters. The average molecular weight is 537 g/mol. The van der Waals surface area contributed by atoms with Crippen molar-refractivity contribution in [3.8, 4) is 0 Å². The van der Waals surface area contributed by atoms with Gasteiger partial charge in [-0.3, -0.25) is 9.59 Å². The van der Waals surface area contributed by atoms with Crippen molar-refractivity contribution in [2.45, 2.75) is 79.9 Å². The number of carbonyl (C=O) groups is 2. The number of hydrogen-bond donors (Lipinski definition) is 0. The van der Waals surface area contributed by atoms with E-state index in [2.05, 4.69) is 29.4 Å². The zero-order chi connectivity index (χ0) is 25.4. The van der Waals surface area contributed by atoms with Crippen LogP contribution in [0.4, 0.5) is 0 Å². The van der Waals surface area contributed by atoms with E-state index >= 15 is 0 Å². The van der Waals surface area contributed by atoms with E-state index in [9.17, 15) is 9.59 Å². The zero-order valence-electron chi connectivity index (χ0n) is 21.0. The first-order valence-corrected chi connectivity index (χ1v) is 12.5. The lowest BCUT2D eigenvalue weighted by Gasteiger charge is -2.42. The molecule has 180 valence electrons. The van der Waals surface area contributed by atoms with Crippen molar-refractivity contribution in [3.05, 3.63) is 50.6 Å². The first kappa shape index (κ1) is 27.4. The van der Waals surface area contributed by atoms with Crippen LogP contribution in [-0.2, 0) is 19.1 Å². The molecule has 0 saturated heterocycles. The van der Waals surface area contributed by atoms with Crippen LogP contribution in [0.25, 0.3) is 11.1 Å². The van der Waals surface area contributed by atoms with Crippen molar-refractivity contribution >= 4 is 50.2 Å². The Kier molecular flexibility index (Phi) is 8.14. The highest BCUT2D eigenvalue weighted by atomic mass is 79.9. The Morgan fingerprint density at radius 1 is 1.21 bits per heavy atom. The molecule has 5 nitrogen and oxygen atoms in total. The number of rotatable bonds is 6. The number of hydrogen-bond acceptors (Lipinski definition) is 6. The topological polar surface area (TPSA) is 65.5 Å². The van der Waals surface area contributed by atoms with E-state index in [4.69, 9.17) is 14.5 Å². The summed E-state index contributed by atoms with van der Waals surface area (Å²) in [6, 6.07) is 0. The van der Waals surface area contributed by atoms with E-state index in [-0.39, 0.29) is 17.1 Å². The lowest BCUT2D eigenvalue weighted by atomic mass is 9.84. The number of allylic oxidation sites excluding steroid dienone is 5. The maximum Gasteiger partial charge on any atom is 0.316 e. The number of halogens is 1. The third kappa shape index (κ3) is 6.19. The summed E-state index contributed by atoms with van der Waals surface area (Å²) < 4.78 is 12.9. The van der Waals surface area contributed by atoms with Gasteiger partial charge in [0.05, 0.1) is 16.7 Å². The monoisotopic (exact) mass is 535 g/mol. The normalized spacial score (nSPS) is 18.7. The van der Waals surface area contributed by atoms with Gasteiger partial charge in [-0.05, 0) is 67.9 Å². The summed E-state index contributed by atoms with van der Waals surface area (Å²) in [4.78, 5) is 31.9. The van der Waals surface area contributed by atoms with Crippen molar-refractivity contribution in [1.82, 2.24) is 4.98 Å². The van der Waals surface area contributed by atoms with Gasteiger partial charge in [-0.15, -0.1) is 11.3 Å². The molecule has 0 aliphatic carbocycles. The third-order valence-electron chi connectivity index (χ3n) is 5.02. The number of thiazole rings is 1. The molecule has 0 N–H and O–H groups in total. The van der Waals surface area contributed by atoms with Crippen molar-refractivity contribution < 1.29 is 19.1 Å². The molecule has 0 aromatic carbocycles. The van der Waals surface area contributed by atoms with Gasteiger partial charge >= 0.3 is 5.97 Å². The van der Waals surface area contributed by atoms with Crippen LogP contribution in [0.2, 0.25) is 0 Å². The highest BCUT2D eigenvalue weighted by Gasteiger charge is 2.50. The highest BCUT2D eigenvalue weighted by molar-refractivity contribution is 9.11. The van der Waals surface area contributed by atoms with E-state index in [1.807, 2.05) is 25.2 Å². The minimum absolute atomic E-state index is 0.196. The minimum atomic E-state index is -1.10. The Morgan fingerprint density at radius 3 is 2.36 bits per heavy atom. The average Bonchev–Trinajstić information content (AvgIpc) is 3.04. The van der Waals surface area contributed by atoms with Crippen molar-refractivity contribution in [1.29, 1.82) is 0 Å². The molecule has 0 radical (unpaired) electrons. The number of esters is 1. The second-order valence-electron chi connectivity index (χ2n) is 10.1. The van der Waals surface area contributed by atoms with Crippen LogP contribution in [-0.4, -0.2) is 27.9 Å². The fourth-order valence-corrected chi connectivity index (χ4v) is 4.68. The minimum Gasteiger partial charge on any atom is -0.427 e. The third-order valence-corrected chi connectivity index (χ3v) is 6.65. The molecule has 2 heterocycles. The summed E-state index contributed by atoms with van der Waals surface area (Å²) >= 11 is 4.95. The first-order valence-electron chi connectivity index (χ1n) is 10.9. The summed E-state index contributed by atoms with van der Waals surface area (Å²) in [5, 5.41) is 0.694. The van der Waals surface area contributed by atoms with Gasteiger partial charge in [0.1, 0.15) is 16.2 Å². The molecule has 0 unspecified atom stereocenters. The summed E-state index contributed by atoms with van der Waals surface area (Å²) in [5.41, 5.74) is -1.33. The molecule has 0 spiro atoms. The fourth-order valence-electron chi connectivity index (χ4n) is 3.35. The Bertz CT molecular complexity index is 1060. The van der Waals surface area contributed by atoms with Crippen LogP contribution in [0.1, 0.15) is 77.4 Å². The van der Waals surface area contributed by atoms with E-state index in [0.717, 1.165) is 21.4 Å². The molecule has 33 heavy (non-hydrogen) atoms. The number of carbonyl (C=O) groups excluding carboxylic acids is 2. The molecule has 7 heteroatoms. The van der Waals surface area contributed by atoms with E-state index in [1.165, 1.54) is 11.3 Å². The van der Waals surface area contributed by atoms with E-state index in [1.54, 1.807) is 48.5 Å². The van der Waals surface area contributed by atoms with Crippen LogP contribution < -0.4 is 0 Å². The van der Waals surface area contributed by atoms with Gasteiger partial charge < -0.3 is 9.47 Å². The van der Waals surface area contributed by atoms with Gasteiger partial charge in [-0.2, -0.15) is 0 Å². The first-order chi connectivity index (χ1) is 15.0. The van der Waals surface area contributed by atoms with Crippen molar-refractivity contribution in [2.75, 3.05) is 0 Å². The van der Waals surface area contributed by atoms with Crippen LogP contribution in [0.5, 0.6) is 0 Å². The number of nitrogens with zero attached hydrogens (tertiary/aromatic N) is 1. The maximum atomic E-state index is 13.5. The number of ketones is 1. The van der Waals surface area contributed by atoms with E-state index < -0.39 is 22.6 Å². The maximum absolute atomic E-state index is 13.5. The molecular formula is C26H34BrNO4S. The number of aryl methyl sites for hydroxylation is 1. The van der Waals surface area contributed by atoms with Crippen LogP contribution >= 0.6 is 27.3 Å². The Labute approximate surface area is 209 Å². The van der Waals surface area contributed by atoms with Crippen LogP contribution in [0, 0.1) is 12.3 Å². The molecule has 1 aromatic rings. The molecule has 0 saturated carbocycles. The Hall–Kier alpha value is -1.83. The predicted molar refractivity (Wildman–Crippen MR) is 139 cm³/mol. The summed E-state index contributed by atoms with van der Waals surface area (Å²) in [6.07, 6.45) is 6.77. The molecule has 1 aliphatic heterocycles. The second kappa shape index (κ2) is 9.80. The van der Waals surface area contributed by atoms with E-state index in [0.29, 0.717) is 10.7 Å². The lowest BCUT2D eigenvalue weighted by molar-refractivity contribution is -0.169. The van der Waals surface area contributed by atoms with Gasteiger partial charge in [0.2, 0.25) is 0 Å². The summed E-state index contributed by atoms with van der Waals surface area (Å²) in [7, 11) is 0.